The molecule has 0 fully saturated rings. The van der Waals surface area contributed by atoms with Gasteiger partial charge in [0.1, 0.15) is 11.4 Å². The number of thiazole rings is 2. The molecule has 6 aromatic rings. The summed E-state index contributed by atoms with van der Waals surface area (Å²) in [6.45, 7) is 0. The van der Waals surface area contributed by atoms with Crippen LogP contribution in [-0.2, 0) is 6.42 Å². The minimum absolute atomic E-state index is 0.870. The van der Waals surface area contributed by atoms with Crippen molar-refractivity contribution in [2.75, 3.05) is 9.80 Å². The Balaban J connectivity index is 0.000000585. The summed E-state index contributed by atoms with van der Waals surface area (Å²) >= 11 is 3.51. The van der Waals surface area contributed by atoms with Gasteiger partial charge in [0.05, 0.1) is 0 Å². The van der Waals surface area contributed by atoms with Gasteiger partial charge in [-0.3, -0.25) is 9.80 Å². The van der Waals surface area contributed by atoms with Crippen LogP contribution < -0.4 is 28.4 Å². The molecule has 42 heavy (non-hydrogen) atoms. The summed E-state index contributed by atoms with van der Waals surface area (Å²) in [4.78, 5) is 17.4. The molecule has 0 atom stereocenters. The van der Waals surface area contributed by atoms with Crippen molar-refractivity contribution in [3.05, 3.63) is 131 Å². The van der Waals surface area contributed by atoms with Gasteiger partial charge in [0.2, 0.25) is 0 Å². The van der Waals surface area contributed by atoms with Gasteiger partial charge in [-0.05, 0) is 48.5 Å². The molecule has 11 heteroatoms. The smallest absolute Gasteiger partial charge is 0.195 e. The Morgan fingerprint density at radius 2 is 0.738 bits per heavy atom. The summed E-state index contributed by atoms with van der Waals surface area (Å²) in [7, 11) is -4.94. The molecule has 1 aliphatic carbocycles. The molecule has 0 N–H and O–H groups in total. The molecule has 0 radical (unpaired) electrons. The molecule has 1 aliphatic rings. The van der Waals surface area contributed by atoms with Crippen LogP contribution in [-0.4, -0.2) is 9.97 Å². The second kappa shape index (κ2) is 12.0. The molecule has 0 bridgehead atoms. The number of hydrogen-bond donors (Lipinski definition) is 0. The van der Waals surface area contributed by atoms with Crippen LogP contribution >= 0.6 is 22.7 Å². The third kappa shape index (κ3) is 6.20. The summed E-state index contributed by atoms with van der Waals surface area (Å²) in [6.07, 6.45) is 0.870. The maximum Gasteiger partial charge on any atom is 0.195 e. The molecule has 0 saturated heterocycles. The van der Waals surface area contributed by atoms with Crippen molar-refractivity contribution >= 4 is 55.7 Å². The fourth-order valence-electron chi connectivity index (χ4n) is 4.67. The van der Waals surface area contributed by atoms with Crippen LogP contribution in [0, 0.1) is 10.2 Å². The van der Waals surface area contributed by atoms with Crippen LogP contribution in [0.25, 0.3) is 11.4 Å². The van der Waals surface area contributed by atoms with E-state index in [1.54, 1.807) is 22.7 Å². The molecule has 0 spiro atoms. The molecule has 7 rings (SSSR count). The lowest BCUT2D eigenvalue weighted by atomic mass is 10.2. The van der Waals surface area contributed by atoms with Crippen molar-refractivity contribution in [2.45, 2.75) is 6.42 Å². The molecule has 4 aromatic carbocycles. The highest BCUT2D eigenvalue weighted by Gasteiger charge is 2.31. The summed E-state index contributed by atoms with van der Waals surface area (Å²) in [5.41, 5.74) is 6.41. The predicted octanol–water partition coefficient (Wildman–Crippen LogP) is 4.35. The molecule has 0 amide bonds. The van der Waals surface area contributed by atoms with E-state index < -0.39 is 10.2 Å². The predicted molar refractivity (Wildman–Crippen MR) is 155 cm³/mol. The molecule has 0 aliphatic heterocycles. The van der Waals surface area contributed by atoms with Crippen molar-refractivity contribution in [3.63, 3.8) is 0 Å². The summed E-state index contributed by atoms with van der Waals surface area (Å²) in [5, 5.41) is 1.93. The molecule has 0 unspecified atom stereocenters. The Labute approximate surface area is 252 Å². The number of fused-ring (bicyclic) bond motifs is 3. The minimum atomic E-state index is -4.94. The second-order valence-corrected chi connectivity index (χ2v) is 12.0. The average molecular weight is 614 g/mol. The van der Waals surface area contributed by atoms with Crippen LogP contribution in [0.2, 0.25) is 0 Å². The SMILES string of the molecule is [O-][Cl+3]([O-])([O-])[O-].c1ccc(N(c2ccccc2)c2nc3c(s2)Cc2sc(N(c4ccccc4)c4ccccc4)nc2-3)cc1. The van der Waals surface area contributed by atoms with E-state index in [4.69, 9.17) is 28.6 Å². The highest BCUT2D eigenvalue weighted by molar-refractivity contribution is 7.18. The minimum Gasteiger partial charge on any atom is -0.286 e. The maximum absolute atomic E-state index is 8.49. The van der Waals surface area contributed by atoms with E-state index in [0.717, 1.165) is 50.8 Å². The Morgan fingerprint density at radius 3 is 1.00 bits per heavy atom. The fourth-order valence-corrected chi connectivity index (χ4v) is 6.99. The van der Waals surface area contributed by atoms with Crippen LogP contribution in [0.4, 0.5) is 33.0 Å². The zero-order valence-electron chi connectivity index (χ0n) is 21.9. The summed E-state index contributed by atoms with van der Waals surface area (Å²) < 4.78 is 34.0. The first-order valence-electron chi connectivity index (χ1n) is 12.8. The third-order valence-corrected chi connectivity index (χ3v) is 8.44. The third-order valence-electron chi connectivity index (χ3n) is 6.36. The zero-order chi connectivity index (χ0) is 29.1. The summed E-state index contributed by atoms with van der Waals surface area (Å²) in [5.74, 6) is 0. The number of anilines is 6. The lowest BCUT2D eigenvalue weighted by Crippen LogP contribution is -2.68. The molecule has 2 heterocycles. The van der Waals surface area contributed by atoms with Crippen LogP contribution in [0.3, 0.4) is 0 Å². The number of nitrogens with zero attached hydrogens (tertiary/aromatic N) is 4. The van der Waals surface area contributed by atoms with Crippen molar-refractivity contribution in [2.24, 2.45) is 0 Å². The van der Waals surface area contributed by atoms with E-state index in [9.17, 15) is 0 Å². The lowest BCUT2D eigenvalue weighted by Gasteiger charge is -2.22. The topological polar surface area (TPSA) is 124 Å². The Bertz CT molecular complexity index is 1550. The first-order valence-corrected chi connectivity index (χ1v) is 15.6. The van der Waals surface area contributed by atoms with Gasteiger partial charge >= 0.3 is 0 Å². The quantitative estimate of drug-likeness (QED) is 0.271. The van der Waals surface area contributed by atoms with Gasteiger partial charge in [0, 0.05) is 38.9 Å². The number of rotatable bonds is 6. The Morgan fingerprint density at radius 1 is 0.476 bits per heavy atom. The number of aromatic nitrogens is 2. The van der Waals surface area contributed by atoms with Gasteiger partial charge in [-0.1, -0.05) is 72.8 Å². The Kier molecular flexibility index (Phi) is 8.00. The van der Waals surface area contributed by atoms with Crippen LogP contribution in [0.5, 0.6) is 0 Å². The summed E-state index contributed by atoms with van der Waals surface area (Å²) in [6, 6.07) is 41.8. The van der Waals surface area contributed by atoms with Crippen molar-refractivity contribution in [3.8, 4) is 11.4 Å². The normalized spacial score (nSPS) is 11.7. The van der Waals surface area contributed by atoms with Gasteiger partial charge in [0.15, 0.2) is 10.3 Å². The highest BCUT2D eigenvalue weighted by atomic mass is 35.7. The lowest BCUT2D eigenvalue weighted by molar-refractivity contribution is -2.00. The molecule has 2 aromatic heterocycles. The molecule has 210 valence electrons. The standard InChI is InChI=1S/C31H22N4S2.ClHO4/c1-5-13-22(14-6-1)34(23-15-7-2-8-16-23)30-32-28-26(36-30)21-27-29(28)33-31(37-27)35(24-17-9-3-10-18-24)25-19-11-4-12-20-25;2-1(3,4)5/h1-20H,21H2;(H,2,3,4,5)/p-1. The van der Waals surface area contributed by atoms with E-state index in [0.29, 0.717) is 0 Å². The first kappa shape index (κ1) is 28.0. The first-order chi connectivity index (χ1) is 20.3. The molecular formula is C31H22ClN4O4S2-. The molecule has 8 nitrogen and oxygen atoms in total. The molecular weight excluding hydrogens is 592 g/mol. The second-order valence-electron chi connectivity index (χ2n) is 9.10. The number of benzene rings is 4. The Hall–Kier alpha value is -4.13. The highest BCUT2D eigenvalue weighted by Crippen LogP contribution is 2.49. The van der Waals surface area contributed by atoms with Crippen molar-refractivity contribution in [1.29, 1.82) is 0 Å². The largest absolute Gasteiger partial charge is 0.286 e. The number of hydrogen-bond acceptors (Lipinski definition) is 10. The van der Waals surface area contributed by atoms with Crippen molar-refractivity contribution in [1.82, 2.24) is 9.97 Å². The monoisotopic (exact) mass is 613 g/mol. The van der Waals surface area contributed by atoms with E-state index >= 15 is 0 Å². The van der Waals surface area contributed by atoms with Gasteiger partial charge in [0.25, 0.3) is 0 Å². The van der Waals surface area contributed by atoms with Gasteiger partial charge in [-0.25, -0.2) is 28.6 Å². The van der Waals surface area contributed by atoms with E-state index in [1.807, 2.05) is 24.3 Å². The van der Waals surface area contributed by atoms with Gasteiger partial charge in [-0.2, -0.15) is 0 Å². The number of para-hydroxylation sites is 4. The van der Waals surface area contributed by atoms with Gasteiger partial charge in [-0.15, -0.1) is 32.9 Å². The zero-order valence-corrected chi connectivity index (χ0v) is 24.3. The van der Waals surface area contributed by atoms with Crippen LogP contribution in [0.1, 0.15) is 9.75 Å². The van der Waals surface area contributed by atoms with E-state index in [2.05, 4.69) is 107 Å². The van der Waals surface area contributed by atoms with Crippen LogP contribution in [0.15, 0.2) is 121 Å². The van der Waals surface area contributed by atoms with E-state index in [-0.39, 0.29) is 0 Å². The average Bonchev–Trinajstić information content (AvgIpc) is 3.66. The fraction of sp³-hybridized carbons (Fsp3) is 0.0323. The van der Waals surface area contributed by atoms with Crippen molar-refractivity contribution < 1.29 is 28.9 Å². The molecule has 0 saturated carbocycles. The van der Waals surface area contributed by atoms with Gasteiger partial charge < -0.3 is 0 Å². The number of halogens is 1. The van der Waals surface area contributed by atoms with E-state index in [1.165, 1.54) is 9.75 Å². The maximum atomic E-state index is 8.49.